The van der Waals surface area contributed by atoms with Crippen LogP contribution in [0.15, 0.2) is 24.3 Å². The van der Waals surface area contributed by atoms with Gasteiger partial charge in [0.1, 0.15) is 17.6 Å². The van der Waals surface area contributed by atoms with Crippen LogP contribution in [-0.2, 0) is 24.4 Å². The fourth-order valence-corrected chi connectivity index (χ4v) is 2.88. The molecule has 0 aliphatic carbocycles. The Hall–Kier alpha value is -1.85. The first-order valence-corrected chi connectivity index (χ1v) is 8.59. The molecule has 0 bridgehead atoms. The van der Waals surface area contributed by atoms with Crippen LogP contribution in [0.25, 0.3) is 0 Å². The van der Waals surface area contributed by atoms with Gasteiger partial charge in [-0.1, -0.05) is 12.1 Å². The van der Waals surface area contributed by atoms with Crippen molar-refractivity contribution in [3.05, 3.63) is 29.8 Å². The Balaban J connectivity index is 1.96. The SMILES string of the molecule is CC(CS(=O)(=O)O)(OC(=O)COc1ccc(C2CO2)cc1)C(F)(F)F. The topological polar surface area (TPSA) is 102 Å². The van der Waals surface area contributed by atoms with Gasteiger partial charge < -0.3 is 14.2 Å². The maximum absolute atomic E-state index is 13.0. The first kappa shape index (κ1) is 19.5. The minimum Gasteiger partial charge on any atom is -0.482 e. The maximum atomic E-state index is 13.0. The summed E-state index contributed by atoms with van der Waals surface area (Å²) in [7, 11) is -5.03. The van der Waals surface area contributed by atoms with Gasteiger partial charge in [-0.15, -0.1) is 0 Å². The van der Waals surface area contributed by atoms with Crippen LogP contribution >= 0.6 is 0 Å². The fourth-order valence-electron chi connectivity index (χ4n) is 1.96. The maximum Gasteiger partial charge on any atom is 0.429 e. The zero-order valence-corrected chi connectivity index (χ0v) is 13.8. The van der Waals surface area contributed by atoms with Gasteiger partial charge in [0.25, 0.3) is 10.1 Å². The number of esters is 1. The number of halogens is 3. The summed E-state index contributed by atoms with van der Waals surface area (Å²) in [5, 5.41) is 0. The molecule has 2 unspecified atom stereocenters. The van der Waals surface area contributed by atoms with E-state index in [9.17, 15) is 26.4 Å². The third-order valence-corrected chi connectivity index (χ3v) is 4.25. The van der Waals surface area contributed by atoms with E-state index in [1.165, 1.54) is 12.1 Å². The van der Waals surface area contributed by atoms with Gasteiger partial charge in [-0.3, -0.25) is 4.55 Å². The third kappa shape index (κ3) is 5.58. The Morgan fingerprint density at radius 3 is 2.32 bits per heavy atom. The first-order valence-electron chi connectivity index (χ1n) is 6.98. The molecule has 2 rings (SSSR count). The molecule has 140 valence electrons. The molecule has 0 saturated carbocycles. The van der Waals surface area contributed by atoms with Crippen molar-refractivity contribution in [2.24, 2.45) is 0 Å². The highest BCUT2D eigenvalue weighted by molar-refractivity contribution is 7.85. The van der Waals surface area contributed by atoms with Gasteiger partial charge >= 0.3 is 12.1 Å². The van der Waals surface area contributed by atoms with Crippen molar-refractivity contribution in [1.29, 1.82) is 0 Å². The summed E-state index contributed by atoms with van der Waals surface area (Å²) in [6.07, 6.45) is -5.18. The highest BCUT2D eigenvalue weighted by Crippen LogP contribution is 2.35. The molecule has 11 heteroatoms. The molecule has 0 amide bonds. The number of hydrogen-bond acceptors (Lipinski definition) is 6. The molecule has 1 fully saturated rings. The molecule has 0 aromatic heterocycles. The molecule has 2 atom stereocenters. The van der Waals surface area contributed by atoms with Crippen molar-refractivity contribution in [3.8, 4) is 5.75 Å². The zero-order chi connectivity index (χ0) is 18.9. The Kier molecular flexibility index (Phi) is 5.30. The quantitative estimate of drug-likeness (QED) is 0.435. The van der Waals surface area contributed by atoms with E-state index in [4.69, 9.17) is 14.0 Å². The number of ether oxygens (including phenoxy) is 3. The zero-order valence-electron chi connectivity index (χ0n) is 12.9. The molecule has 25 heavy (non-hydrogen) atoms. The predicted octanol–water partition coefficient (Wildman–Crippen LogP) is 1.89. The molecular weight excluding hydrogens is 369 g/mol. The lowest BCUT2D eigenvalue weighted by molar-refractivity contribution is -0.256. The summed E-state index contributed by atoms with van der Waals surface area (Å²) in [4.78, 5) is 11.6. The number of carbonyl (C=O) groups excluding carboxylic acids is 1. The number of epoxide rings is 1. The Labute approximate surface area is 141 Å². The van der Waals surface area contributed by atoms with E-state index < -0.39 is 40.2 Å². The smallest absolute Gasteiger partial charge is 0.429 e. The van der Waals surface area contributed by atoms with Crippen molar-refractivity contribution in [1.82, 2.24) is 0 Å². The van der Waals surface area contributed by atoms with E-state index in [-0.39, 0.29) is 11.9 Å². The molecular formula is C14H15F3O7S. The molecule has 1 aliphatic rings. The van der Waals surface area contributed by atoms with Gasteiger partial charge in [0.05, 0.1) is 6.61 Å². The number of benzene rings is 1. The largest absolute Gasteiger partial charge is 0.482 e. The van der Waals surface area contributed by atoms with Crippen LogP contribution in [0, 0.1) is 0 Å². The number of carbonyl (C=O) groups is 1. The van der Waals surface area contributed by atoms with Gasteiger partial charge in [0, 0.05) is 0 Å². The first-order chi connectivity index (χ1) is 11.4. The van der Waals surface area contributed by atoms with Gasteiger partial charge in [-0.2, -0.15) is 21.6 Å². The van der Waals surface area contributed by atoms with Crippen LogP contribution < -0.4 is 4.74 Å². The van der Waals surface area contributed by atoms with Gasteiger partial charge in [0.2, 0.25) is 5.60 Å². The summed E-state index contributed by atoms with van der Waals surface area (Å²) in [6.45, 7) is 0.0931. The summed E-state index contributed by atoms with van der Waals surface area (Å²) >= 11 is 0. The standard InChI is InChI=1S/C14H15F3O7S/c1-13(14(15,16)17,8-25(19,20)21)24-12(18)7-22-10-4-2-9(3-5-10)11-6-23-11/h2-5,11H,6-8H2,1H3,(H,19,20,21). The van der Waals surface area contributed by atoms with E-state index in [1.54, 1.807) is 12.1 Å². The van der Waals surface area contributed by atoms with Crippen molar-refractivity contribution in [2.75, 3.05) is 19.0 Å². The van der Waals surface area contributed by atoms with Crippen molar-refractivity contribution < 1.29 is 45.1 Å². The summed E-state index contributed by atoms with van der Waals surface area (Å²) in [5.74, 6) is -3.03. The second-order valence-corrected chi connectivity index (χ2v) is 7.06. The van der Waals surface area contributed by atoms with Crippen LogP contribution in [-0.4, -0.2) is 49.7 Å². The Morgan fingerprint density at radius 2 is 1.88 bits per heavy atom. The molecule has 1 N–H and O–H groups in total. The summed E-state index contributed by atoms with van der Waals surface area (Å²) in [5.41, 5.74) is -2.50. The van der Waals surface area contributed by atoms with Gasteiger partial charge in [-0.05, 0) is 24.6 Å². The van der Waals surface area contributed by atoms with E-state index in [0.29, 0.717) is 13.5 Å². The van der Waals surface area contributed by atoms with Crippen molar-refractivity contribution in [3.63, 3.8) is 0 Å². The van der Waals surface area contributed by atoms with Crippen molar-refractivity contribution >= 4 is 16.1 Å². The predicted molar refractivity (Wildman–Crippen MR) is 77.6 cm³/mol. The summed E-state index contributed by atoms with van der Waals surface area (Å²) < 4.78 is 83.4. The number of rotatable bonds is 7. The van der Waals surface area contributed by atoms with Crippen LogP contribution in [0.3, 0.4) is 0 Å². The average molecular weight is 384 g/mol. The number of alkyl halides is 3. The van der Waals surface area contributed by atoms with Gasteiger partial charge in [-0.25, -0.2) is 4.79 Å². The van der Waals surface area contributed by atoms with Crippen molar-refractivity contribution in [2.45, 2.75) is 24.8 Å². The van der Waals surface area contributed by atoms with Gasteiger partial charge in [0.15, 0.2) is 6.61 Å². The number of hydrogen-bond donors (Lipinski definition) is 1. The lowest BCUT2D eigenvalue weighted by atomic mass is 10.1. The van der Waals surface area contributed by atoms with Crippen LogP contribution in [0.2, 0.25) is 0 Å². The summed E-state index contributed by atoms with van der Waals surface area (Å²) in [6, 6.07) is 6.36. The van der Waals surface area contributed by atoms with E-state index in [1.807, 2.05) is 0 Å². The molecule has 1 heterocycles. The normalized spacial score (nSPS) is 19.8. The van der Waals surface area contributed by atoms with Crippen LogP contribution in [0.1, 0.15) is 18.6 Å². The second-order valence-electron chi connectivity index (χ2n) is 5.61. The lowest BCUT2D eigenvalue weighted by Crippen LogP contribution is -2.52. The minimum atomic E-state index is -5.20. The fraction of sp³-hybridized carbons (Fsp3) is 0.500. The Morgan fingerprint density at radius 1 is 1.32 bits per heavy atom. The third-order valence-electron chi connectivity index (χ3n) is 3.34. The molecule has 0 radical (unpaired) electrons. The minimum absolute atomic E-state index is 0.0203. The second kappa shape index (κ2) is 6.81. The van der Waals surface area contributed by atoms with Crippen LogP contribution in [0.4, 0.5) is 13.2 Å². The molecule has 1 aliphatic heterocycles. The Bertz CT molecular complexity index is 726. The highest BCUT2D eigenvalue weighted by Gasteiger charge is 2.57. The monoisotopic (exact) mass is 384 g/mol. The average Bonchev–Trinajstić information content (AvgIpc) is 3.27. The lowest BCUT2D eigenvalue weighted by Gasteiger charge is -2.30. The molecule has 1 aromatic carbocycles. The molecule has 7 nitrogen and oxygen atoms in total. The van der Waals surface area contributed by atoms with E-state index in [2.05, 4.69) is 4.74 Å². The highest BCUT2D eigenvalue weighted by atomic mass is 32.2. The molecule has 0 spiro atoms. The van der Waals surface area contributed by atoms with E-state index in [0.717, 1.165) is 5.56 Å². The molecule has 1 aromatic rings. The molecule has 1 saturated heterocycles. The van der Waals surface area contributed by atoms with Crippen LogP contribution in [0.5, 0.6) is 5.75 Å². The van der Waals surface area contributed by atoms with E-state index >= 15 is 0 Å².